The smallest absolute Gasteiger partial charge is 0.136 e. The van der Waals surface area contributed by atoms with Gasteiger partial charge in [-0.1, -0.05) is 139 Å². The van der Waals surface area contributed by atoms with Gasteiger partial charge in [-0.3, -0.25) is 0 Å². The Morgan fingerprint density at radius 1 is 0.468 bits per heavy atom. The number of hydrogen-bond donors (Lipinski definition) is 0. The Morgan fingerprint density at radius 2 is 1.04 bits per heavy atom. The maximum absolute atomic E-state index is 6.45. The Bertz CT molecular complexity index is 2270. The molecule has 0 fully saturated rings. The fourth-order valence-corrected chi connectivity index (χ4v) is 7.99. The van der Waals surface area contributed by atoms with Gasteiger partial charge in [0, 0.05) is 27.6 Å². The van der Waals surface area contributed by atoms with E-state index in [-0.39, 0.29) is 16.2 Å². The minimum atomic E-state index is -0.0607. The number of anilines is 3. The first kappa shape index (κ1) is 29.3. The summed E-state index contributed by atoms with van der Waals surface area (Å²) in [5, 5.41) is 2.29. The molecule has 0 unspecified atom stereocenters. The van der Waals surface area contributed by atoms with Crippen LogP contribution in [0.4, 0.5) is 17.1 Å². The SMILES string of the molecule is CC1(C)c2cc(-c3cccc4oc5ccccc5c34)c(N(c3ccccc3)c3ccccc3-c3ccccc3)cc2C(C)(C)C1(C)C. The van der Waals surface area contributed by atoms with Gasteiger partial charge in [-0.15, -0.1) is 0 Å². The Balaban J connectivity index is 1.52. The summed E-state index contributed by atoms with van der Waals surface area (Å²) in [5.74, 6) is 0. The first-order valence-corrected chi connectivity index (χ1v) is 16.7. The lowest BCUT2D eigenvalue weighted by Gasteiger charge is -2.44. The standard InChI is InChI=1S/C45H41NO/c1-43(2)36-28-35(33-24-17-27-41-42(33)34-23-14-16-26-40(34)47-41)39(29-37(36)44(3,4)45(43,5)6)46(31-20-11-8-12-21-31)38-25-15-13-22-32(38)30-18-9-7-10-19-30/h7-29H,1-6H3. The normalized spacial score (nSPS) is 16.0. The maximum atomic E-state index is 6.45. The Labute approximate surface area is 278 Å². The molecule has 0 aliphatic heterocycles. The summed E-state index contributed by atoms with van der Waals surface area (Å²) >= 11 is 0. The van der Waals surface area contributed by atoms with Crippen molar-refractivity contribution < 1.29 is 4.42 Å². The quantitative estimate of drug-likeness (QED) is 0.192. The fourth-order valence-electron chi connectivity index (χ4n) is 7.99. The summed E-state index contributed by atoms with van der Waals surface area (Å²) in [4.78, 5) is 2.48. The molecule has 0 atom stereocenters. The number of rotatable bonds is 5. The number of para-hydroxylation sites is 3. The summed E-state index contributed by atoms with van der Waals surface area (Å²) in [6.07, 6.45) is 0. The van der Waals surface area contributed by atoms with Gasteiger partial charge in [-0.2, -0.15) is 0 Å². The van der Waals surface area contributed by atoms with Gasteiger partial charge in [-0.25, -0.2) is 0 Å². The molecule has 0 N–H and O–H groups in total. The van der Waals surface area contributed by atoms with Crippen molar-refractivity contribution in [1.82, 2.24) is 0 Å². The van der Waals surface area contributed by atoms with E-state index >= 15 is 0 Å². The van der Waals surface area contributed by atoms with Gasteiger partial charge in [0.2, 0.25) is 0 Å². The predicted molar refractivity (Wildman–Crippen MR) is 199 cm³/mol. The van der Waals surface area contributed by atoms with Gasteiger partial charge >= 0.3 is 0 Å². The highest BCUT2D eigenvalue weighted by Crippen LogP contribution is 2.63. The average Bonchev–Trinajstić information content (AvgIpc) is 3.52. The lowest BCUT2D eigenvalue weighted by atomic mass is 9.59. The van der Waals surface area contributed by atoms with E-state index in [4.69, 9.17) is 4.42 Å². The molecule has 232 valence electrons. The van der Waals surface area contributed by atoms with Crippen molar-refractivity contribution in [2.75, 3.05) is 4.90 Å². The lowest BCUT2D eigenvalue weighted by molar-refractivity contribution is 0.125. The zero-order valence-electron chi connectivity index (χ0n) is 28.1. The summed E-state index contributed by atoms with van der Waals surface area (Å²) in [6, 6.07) is 50.3. The van der Waals surface area contributed by atoms with Crippen LogP contribution in [0.2, 0.25) is 0 Å². The van der Waals surface area contributed by atoms with Crippen molar-refractivity contribution in [2.45, 2.75) is 52.4 Å². The van der Waals surface area contributed by atoms with E-state index in [2.05, 4.69) is 186 Å². The molecule has 0 amide bonds. The van der Waals surface area contributed by atoms with Crippen LogP contribution in [0.25, 0.3) is 44.2 Å². The third kappa shape index (κ3) is 4.24. The number of furan rings is 1. The van der Waals surface area contributed by atoms with E-state index in [1.807, 2.05) is 0 Å². The molecule has 1 aliphatic rings. The molecule has 1 aromatic heterocycles. The molecule has 0 saturated heterocycles. The predicted octanol–water partition coefficient (Wildman–Crippen LogP) is 13.0. The molecule has 2 heteroatoms. The number of hydrogen-bond acceptors (Lipinski definition) is 2. The first-order chi connectivity index (χ1) is 22.6. The minimum absolute atomic E-state index is 0.0199. The monoisotopic (exact) mass is 611 g/mol. The maximum Gasteiger partial charge on any atom is 0.136 e. The van der Waals surface area contributed by atoms with Gasteiger partial charge < -0.3 is 9.32 Å². The van der Waals surface area contributed by atoms with Crippen molar-refractivity contribution >= 4 is 39.0 Å². The third-order valence-electron chi connectivity index (χ3n) is 11.8. The zero-order chi connectivity index (χ0) is 32.6. The van der Waals surface area contributed by atoms with Gasteiger partial charge in [0.25, 0.3) is 0 Å². The molecule has 0 spiro atoms. The molecule has 8 rings (SSSR count). The molecule has 2 nitrogen and oxygen atoms in total. The lowest BCUT2D eigenvalue weighted by Crippen LogP contribution is -2.42. The summed E-state index contributed by atoms with van der Waals surface area (Å²) < 4.78 is 6.45. The number of benzene rings is 6. The summed E-state index contributed by atoms with van der Waals surface area (Å²) in [7, 11) is 0. The largest absolute Gasteiger partial charge is 0.456 e. The molecule has 1 heterocycles. The number of nitrogens with zero attached hydrogens (tertiary/aromatic N) is 1. The molecule has 0 bridgehead atoms. The van der Waals surface area contributed by atoms with Crippen LogP contribution >= 0.6 is 0 Å². The molecule has 0 radical (unpaired) electrons. The van der Waals surface area contributed by atoms with Crippen LogP contribution in [-0.4, -0.2) is 0 Å². The third-order valence-corrected chi connectivity index (χ3v) is 11.8. The number of fused-ring (bicyclic) bond motifs is 4. The second kappa shape index (κ2) is 10.5. The van der Waals surface area contributed by atoms with E-state index < -0.39 is 0 Å². The van der Waals surface area contributed by atoms with Crippen molar-refractivity contribution in [3.05, 3.63) is 151 Å². The van der Waals surface area contributed by atoms with E-state index in [1.54, 1.807) is 0 Å². The van der Waals surface area contributed by atoms with Crippen LogP contribution in [0.3, 0.4) is 0 Å². The van der Waals surface area contributed by atoms with Crippen LogP contribution < -0.4 is 4.90 Å². The van der Waals surface area contributed by atoms with Crippen LogP contribution in [-0.2, 0) is 10.8 Å². The van der Waals surface area contributed by atoms with Crippen LogP contribution in [0, 0.1) is 5.41 Å². The van der Waals surface area contributed by atoms with Gasteiger partial charge in [0.05, 0.1) is 11.4 Å². The van der Waals surface area contributed by atoms with E-state index in [0.717, 1.165) is 39.0 Å². The zero-order valence-corrected chi connectivity index (χ0v) is 28.1. The highest BCUT2D eigenvalue weighted by Gasteiger charge is 2.57. The Morgan fingerprint density at radius 3 is 1.79 bits per heavy atom. The van der Waals surface area contributed by atoms with Crippen molar-refractivity contribution in [2.24, 2.45) is 5.41 Å². The first-order valence-electron chi connectivity index (χ1n) is 16.7. The molecule has 1 aliphatic carbocycles. The van der Waals surface area contributed by atoms with Crippen LogP contribution in [0.15, 0.2) is 144 Å². The van der Waals surface area contributed by atoms with Crippen LogP contribution in [0.5, 0.6) is 0 Å². The molecule has 47 heavy (non-hydrogen) atoms. The molecule has 7 aromatic rings. The van der Waals surface area contributed by atoms with E-state index in [9.17, 15) is 0 Å². The Hall–Kier alpha value is -5.08. The highest BCUT2D eigenvalue weighted by atomic mass is 16.3. The second-order valence-corrected chi connectivity index (χ2v) is 14.6. The summed E-state index contributed by atoms with van der Waals surface area (Å²) in [6.45, 7) is 14.6. The topological polar surface area (TPSA) is 16.4 Å². The van der Waals surface area contributed by atoms with E-state index in [0.29, 0.717) is 0 Å². The average molecular weight is 612 g/mol. The van der Waals surface area contributed by atoms with Gasteiger partial charge in [0.1, 0.15) is 11.2 Å². The molecular weight excluding hydrogens is 571 g/mol. The van der Waals surface area contributed by atoms with Gasteiger partial charge in [0.15, 0.2) is 0 Å². The Kier molecular flexibility index (Phi) is 6.53. The van der Waals surface area contributed by atoms with E-state index in [1.165, 1.54) is 33.4 Å². The van der Waals surface area contributed by atoms with Gasteiger partial charge in [-0.05, 0) is 81.0 Å². The molecule has 0 saturated carbocycles. The molecule has 6 aromatic carbocycles. The minimum Gasteiger partial charge on any atom is -0.456 e. The molecular formula is C45H41NO. The fraction of sp³-hybridized carbons (Fsp3) is 0.200. The van der Waals surface area contributed by atoms with Crippen molar-refractivity contribution in [3.8, 4) is 22.3 Å². The second-order valence-electron chi connectivity index (χ2n) is 14.6. The highest BCUT2D eigenvalue weighted by molar-refractivity contribution is 6.14. The van der Waals surface area contributed by atoms with Crippen LogP contribution in [0.1, 0.15) is 52.7 Å². The van der Waals surface area contributed by atoms with Crippen molar-refractivity contribution in [3.63, 3.8) is 0 Å². The summed E-state index contributed by atoms with van der Waals surface area (Å²) in [5.41, 5.74) is 12.8. The van der Waals surface area contributed by atoms with Crippen molar-refractivity contribution in [1.29, 1.82) is 0 Å².